The highest BCUT2D eigenvalue weighted by atomic mass is 35.5. The predicted molar refractivity (Wildman–Crippen MR) is 91.9 cm³/mol. The van der Waals surface area contributed by atoms with E-state index < -0.39 is 0 Å². The molecule has 0 spiro atoms. The number of nitrogens with zero attached hydrogens (tertiary/aromatic N) is 3. The van der Waals surface area contributed by atoms with Gasteiger partial charge in [0.05, 0.1) is 28.9 Å². The molecule has 2 heterocycles. The molecule has 1 fully saturated rings. The van der Waals surface area contributed by atoms with Crippen LogP contribution in [0.3, 0.4) is 0 Å². The predicted octanol–water partition coefficient (Wildman–Crippen LogP) is 2.85. The van der Waals surface area contributed by atoms with Gasteiger partial charge in [0.1, 0.15) is 0 Å². The van der Waals surface area contributed by atoms with Gasteiger partial charge in [0.25, 0.3) is 0 Å². The van der Waals surface area contributed by atoms with Crippen LogP contribution in [-0.2, 0) is 23.1 Å². The van der Waals surface area contributed by atoms with E-state index in [1.165, 1.54) is 0 Å². The van der Waals surface area contributed by atoms with Crippen molar-refractivity contribution in [2.75, 3.05) is 33.4 Å². The number of methoxy groups -OCH3 is 1. The van der Waals surface area contributed by atoms with Gasteiger partial charge in [-0.05, 0) is 25.0 Å². The maximum absolute atomic E-state index is 6.41. The number of rotatable bonds is 7. The maximum Gasteiger partial charge on any atom is 0.0858 e. The molecule has 1 aromatic carbocycles. The van der Waals surface area contributed by atoms with E-state index in [0.29, 0.717) is 12.7 Å². The van der Waals surface area contributed by atoms with Crippen LogP contribution < -0.4 is 0 Å². The van der Waals surface area contributed by atoms with Crippen molar-refractivity contribution >= 4 is 22.5 Å². The average Bonchev–Trinajstić information content (AvgIpc) is 3.14. The van der Waals surface area contributed by atoms with Crippen LogP contribution in [0, 0.1) is 0 Å². The first kappa shape index (κ1) is 16.7. The summed E-state index contributed by atoms with van der Waals surface area (Å²) in [6, 6.07) is 5.94. The number of benzene rings is 1. The lowest BCUT2D eigenvalue weighted by Gasteiger charge is -2.24. The molecular formula is C17H24ClN3O2. The van der Waals surface area contributed by atoms with Crippen molar-refractivity contribution in [3.8, 4) is 0 Å². The minimum atomic E-state index is 0.317. The third-order valence-corrected chi connectivity index (χ3v) is 4.69. The lowest BCUT2D eigenvalue weighted by Crippen LogP contribution is -2.34. The van der Waals surface area contributed by atoms with Crippen LogP contribution in [-0.4, -0.2) is 54.2 Å². The lowest BCUT2D eigenvalue weighted by molar-refractivity contribution is 0.0584. The Hall–Kier alpha value is -1.14. The molecule has 0 amide bonds. The summed E-state index contributed by atoms with van der Waals surface area (Å²) in [6.45, 7) is 4.10. The zero-order valence-corrected chi connectivity index (χ0v) is 14.6. The van der Waals surface area contributed by atoms with Gasteiger partial charge in [0.15, 0.2) is 0 Å². The van der Waals surface area contributed by atoms with Crippen LogP contribution in [0.2, 0.25) is 5.02 Å². The standard InChI is InChI=1S/C17H24ClN3O2/c1-20-16-7-3-6-14(18)17(16)15(19-20)12-21(8-10-22-2)11-13-5-4-9-23-13/h3,6-7,13H,4-5,8-12H2,1-2H3/t13-/m1/s1. The summed E-state index contributed by atoms with van der Waals surface area (Å²) in [7, 11) is 3.69. The number of halogens is 1. The van der Waals surface area contributed by atoms with Gasteiger partial charge in [0, 0.05) is 45.8 Å². The van der Waals surface area contributed by atoms with Gasteiger partial charge in [-0.3, -0.25) is 9.58 Å². The second-order valence-electron chi connectivity index (χ2n) is 6.07. The number of aryl methyl sites for hydroxylation is 1. The van der Waals surface area contributed by atoms with E-state index in [2.05, 4.69) is 16.1 Å². The Bertz CT molecular complexity index is 653. The van der Waals surface area contributed by atoms with Crippen molar-refractivity contribution < 1.29 is 9.47 Å². The summed E-state index contributed by atoms with van der Waals surface area (Å²) in [6.07, 6.45) is 2.60. The van der Waals surface area contributed by atoms with Crippen molar-refractivity contribution in [2.24, 2.45) is 7.05 Å². The van der Waals surface area contributed by atoms with Crippen LogP contribution >= 0.6 is 11.6 Å². The number of ether oxygens (including phenoxy) is 2. The molecule has 2 aromatic rings. The molecule has 0 radical (unpaired) electrons. The highest BCUT2D eigenvalue weighted by molar-refractivity contribution is 6.35. The normalized spacial score (nSPS) is 18.3. The molecule has 1 aliphatic heterocycles. The Morgan fingerprint density at radius 2 is 2.35 bits per heavy atom. The first-order valence-corrected chi connectivity index (χ1v) is 8.50. The minimum Gasteiger partial charge on any atom is -0.383 e. The third kappa shape index (κ3) is 3.86. The molecule has 0 bridgehead atoms. The van der Waals surface area contributed by atoms with Crippen LogP contribution in [0.4, 0.5) is 0 Å². The Labute approximate surface area is 142 Å². The summed E-state index contributed by atoms with van der Waals surface area (Å²) in [5, 5.41) is 6.49. The van der Waals surface area contributed by atoms with E-state index in [-0.39, 0.29) is 0 Å². The molecule has 23 heavy (non-hydrogen) atoms. The Morgan fingerprint density at radius 1 is 1.48 bits per heavy atom. The first-order valence-electron chi connectivity index (χ1n) is 8.12. The number of hydrogen-bond donors (Lipinski definition) is 0. The van der Waals surface area contributed by atoms with Gasteiger partial charge in [0.2, 0.25) is 0 Å². The van der Waals surface area contributed by atoms with Crippen LogP contribution in [0.25, 0.3) is 10.9 Å². The fourth-order valence-corrected chi connectivity index (χ4v) is 3.49. The SMILES string of the molecule is COCCN(Cc1nn(C)c2cccc(Cl)c12)C[C@H]1CCCO1. The molecule has 1 saturated heterocycles. The Kier molecular flexibility index (Phi) is 5.54. The highest BCUT2D eigenvalue weighted by Crippen LogP contribution is 2.27. The first-order chi connectivity index (χ1) is 11.2. The van der Waals surface area contributed by atoms with E-state index in [0.717, 1.165) is 60.7 Å². The van der Waals surface area contributed by atoms with Gasteiger partial charge in [-0.2, -0.15) is 5.10 Å². The third-order valence-electron chi connectivity index (χ3n) is 4.37. The molecule has 1 atom stereocenters. The van der Waals surface area contributed by atoms with Gasteiger partial charge in [-0.25, -0.2) is 0 Å². The molecule has 126 valence electrons. The molecule has 0 unspecified atom stereocenters. The van der Waals surface area contributed by atoms with Gasteiger partial charge >= 0.3 is 0 Å². The van der Waals surface area contributed by atoms with E-state index in [9.17, 15) is 0 Å². The molecule has 6 heteroatoms. The highest BCUT2D eigenvalue weighted by Gasteiger charge is 2.21. The van der Waals surface area contributed by atoms with Crippen molar-refractivity contribution in [3.05, 3.63) is 28.9 Å². The van der Waals surface area contributed by atoms with E-state index in [4.69, 9.17) is 21.1 Å². The second-order valence-corrected chi connectivity index (χ2v) is 6.47. The topological polar surface area (TPSA) is 39.5 Å². The molecule has 0 aliphatic carbocycles. The number of fused-ring (bicyclic) bond motifs is 1. The molecule has 3 rings (SSSR count). The Morgan fingerprint density at radius 3 is 3.09 bits per heavy atom. The molecule has 1 aromatic heterocycles. The van der Waals surface area contributed by atoms with Crippen molar-refractivity contribution in [3.63, 3.8) is 0 Å². The number of aromatic nitrogens is 2. The largest absolute Gasteiger partial charge is 0.383 e. The summed E-state index contributed by atoms with van der Waals surface area (Å²) in [4.78, 5) is 2.35. The molecule has 5 nitrogen and oxygen atoms in total. The summed E-state index contributed by atoms with van der Waals surface area (Å²) >= 11 is 6.41. The Balaban J connectivity index is 1.81. The average molecular weight is 338 g/mol. The van der Waals surface area contributed by atoms with Crippen molar-refractivity contribution in [1.29, 1.82) is 0 Å². The fourth-order valence-electron chi connectivity index (χ4n) is 3.21. The fraction of sp³-hybridized carbons (Fsp3) is 0.588. The van der Waals surface area contributed by atoms with Crippen LogP contribution in [0.1, 0.15) is 18.5 Å². The van der Waals surface area contributed by atoms with E-state index >= 15 is 0 Å². The van der Waals surface area contributed by atoms with Gasteiger partial charge in [-0.1, -0.05) is 17.7 Å². The molecule has 0 N–H and O–H groups in total. The zero-order chi connectivity index (χ0) is 16.2. The minimum absolute atomic E-state index is 0.317. The van der Waals surface area contributed by atoms with Crippen molar-refractivity contribution in [1.82, 2.24) is 14.7 Å². The summed E-state index contributed by atoms with van der Waals surface area (Å²) < 4.78 is 12.9. The maximum atomic E-state index is 6.41. The number of hydrogen-bond acceptors (Lipinski definition) is 4. The van der Waals surface area contributed by atoms with E-state index in [1.807, 2.05) is 23.9 Å². The smallest absolute Gasteiger partial charge is 0.0858 e. The quantitative estimate of drug-likeness (QED) is 0.779. The molecule has 1 aliphatic rings. The van der Waals surface area contributed by atoms with E-state index in [1.54, 1.807) is 7.11 Å². The van der Waals surface area contributed by atoms with Crippen molar-refractivity contribution in [2.45, 2.75) is 25.5 Å². The molecular weight excluding hydrogens is 314 g/mol. The van der Waals surface area contributed by atoms with Crippen LogP contribution in [0.15, 0.2) is 18.2 Å². The van der Waals surface area contributed by atoms with Crippen LogP contribution in [0.5, 0.6) is 0 Å². The molecule has 0 saturated carbocycles. The second kappa shape index (κ2) is 7.62. The van der Waals surface area contributed by atoms with Gasteiger partial charge in [-0.15, -0.1) is 0 Å². The zero-order valence-electron chi connectivity index (χ0n) is 13.8. The summed E-state index contributed by atoms with van der Waals surface area (Å²) in [5.74, 6) is 0. The monoisotopic (exact) mass is 337 g/mol. The van der Waals surface area contributed by atoms with Gasteiger partial charge < -0.3 is 9.47 Å². The lowest BCUT2D eigenvalue weighted by atomic mass is 10.2. The summed E-state index contributed by atoms with van der Waals surface area (Å²) in [5.41, 5.74) is 2.08.